The Bertz CT molecular complexity index is 535. The Balaban J connectivity index is 1.34. The van der Waals surface area contributed by atoms with E-state index >= 15 is 0 Å². The standard InChI is InChI=1S/C20H27NOS/c1-14(23-13-15-5-3-2-4-6-15)19(22)21-20-10-16-7-17(11-20)9-18(8-16)12-20/h2-6,14,16-18H,7-13H2,1H3,(H,21,22). The van der Waals surface area contributed by atoms with Gasteiger partial charge in [0.2, 0.25) is 5.91 Å². The zero-order chi connectivity index (χ0) is 15.9. The first-order valence-corrected chi connectivity index (χ1v) is 10.1. The van der Waals surface area contributed by atoms with Crippen LogP contribution in [0.2, 0.25) is 0 Å². The second-order valence-electron chi connectivity index (χ2n) is 8.13. The highest BCUT2D eigenvalue weighted by atomic mass is 32.2. The molecule has 3 heteroatoms. The average molecular weight is 330 g/mol. The van der Waals surface area contributed by atoms with Crippen molar-refractivity contribution < 1.29 is 4.79 Å². The van der Waals surface area contributed by atoms with Crippen LogP contribution in [0.25, 0.3) is 0 Å². The van der Waals surface area contributed by atoms with E-state index in [1.54, 1.807) is 11.8 Å². The lowest BCUT2D eigenvalue weighted by molar-refractivity contribution is -0.126. The number of amides is 1. The highest BCUT2D eigenvalue weighted by Gasteiger charge is 2.51. The Morgan fingerprint density at radius 2 is 1.70 bits per heavy atom. The number of nitrogens with one attached hydrogen (secondary N) is 1. The molecule has 0 aromatic heterocycles. The van der Waals surface area contributed by atoms with Gasteiger partial charge in [0, 0.05) is 11.3 Å². The maximum Gasteiger partial charge on any atom is 0.233 e. The van der Waals surface area contributed by atoms with Crippen LogP contribution in [-0.2, 0) is 10.5 Å². The molecule has 5 rings (SSSR count). The molecule has 1 amide bonds. The first-order valence-electron chi connectivity index (χ1n) is 9.09. The molecule has 0 aliphatic heterocycles. The summed E-state index contributed by atoms with van der Waals surface area (Å²) in [4.78, 5) is 12.7. The molecule has 0 saturated heterocycles. The number of thioether (sulfide) groups is 1. The first-order chi connectivity index (χ1) is 11.1. The molecular weight excluding hydrogens is 302 g/mol. The molecule has 124 valence electrons. The van der Waals surface area contributed by atoms with Gasteiger partial charge in [-0.15, -0.1) is 11.8 Å². The summed E-state index contributed by atoms with van der Waals surface area (Å²) >= 11 is 1.75. The maximum atomic E-state index is 12.7. The van der Waals surface area contributed by atoms with Gasteiger partial charge in [-0.1, -0.05) is 30.3 Å². The zero-order valence-electron chi connectivity index (χ0n) is 14.0. The normalized spacial score (nSPS) is 36.0. The van der Waals surface area contributed by atoms with Crippen LogP contribution in [-0.4, -0.2) is 16.7 Å². The molecule has 4 saturated carbocycles. The van der Waals surface area contributed by atoms with Gasteiger partial charge in [0.15, 0.2) is 0 Å². The third-order valence-corrected chi connectivity index (χ3v) is 7.35. The van der Waals surface area contributed by atoms with Crippen LogP contribution in [0.5, 0.6) is 0 Å². The second-order valence-corrected chi connectivity index (χ2v) is 9.46. The van der Waals surface area contributed by atoms with Gasteiger partial charge < -0.3 is 5.32 Å². The third kappa shape index (κ3) is 3.31. The number of benzene rings is 1. The van der Waals surface area contributed by atoms with Crippen molar-refractivity contribution in [1.82, 2.24) is 5.32 Å². The molecule has 2 nitrogen and oxygen atoms in total. The smallest absolute Gasteiger partial charge is 0.233 e. The molecule has 0 spiro atoms. The van der Waals surface area contributed by atoms with Crippen molar-refractivity contribution >= 4 is 17.7 Å². The van der Waals surface area contributed by atoms with E-state index in [0.29, 0.717) is 0 Å². The minimum absolute atomic E-state index is 0.0308. The summed E-state index contributed by atoms with van der Waals surface area (Å²) in [5, 5.41) is 3.53. The molecule has 1 aromatic carbocycles. The molecule has 1 N–H and O–H groups in total. The van der Waals surface area contributed by atoms with Gasteiger partial charge in [0.25, 0.3) is 0 Å². The Morgan fingerprint density at radius 3 is 2.26 bits per heavy atom. The molecular formula is C20H27NOS. The van der Waals surface area contributed by atoms with Crippen molar-refractivity contribution in [3.63, 3.8) is 0 Å². The molecule has 4 fully saturated rings. The van der Waals surface area contributed by atoms with Gasteiger partial charge in [-0.2, -0.15) is 0 Å². The molecule has 0 heterocycles. The number of rotatable bonds is 5. The Kier molecular flexibility index (Phi) is 4.17. The fourth-order valence-electron chi connectivity index (χ4n) is 5.50. The average Bonchev–Trinajstić information content (AvgIpc) is 2.51. The van der Waals surface area contributed by atoms with Crippen LogP contribution in [0.1, 0.15) is 51.0 Å². The summed E-state index contributed by atoms with van der Waals surface area (Å²) in [6.45, 7) is 2.06. The highest BCUT2D eigenvalue weighted by Crippen LogP contribution is 2.55. The van der Waals surface area contributed by atoms with Gasteiger partial charge in [0.05, 0.1) is 5.25 Å². The van der Waals surface area contributed by atoms with Crippen LogP contribution < -0.4 is 5.32 Å². The SMILES string of the molecule is CC(SCc1ccccc1)C(=O)NC12CC3CC(CC(C3)C1)C2. The number of hydrogen-bond acceptors (Lipinski definition) is 2. The molecule has 0 radical (unpaired) electrons. The predicted octanol–water partition coefficient (Wildman–Crippen LogP) is 4.39. The first kappa shape index (κ1) is 15.6. The van der Waals surface area contributed by atoms with E-state index < -0.39 is 0 Å². The lowest BCUT2D eigenvalue weighted by Crippen LogP contribution is -2.60. The molecule has 1 aromatic rings. The van der Waals surface area contributed by atoms with Crippen molar-refractivity contribution in [3.05, 3.63) is 35.9 Å². The predicted molar refractivity (Wildman–Crippen MR) is 96.2 cm³/mol. The molecule has 4 bridgehead atoms. The number of hydrogen-bond donors (Lipinski definition) is 1. The molecule has 23 heavy (non-hydrogen) atoms. The van der Waals surface area contributed by atoms with Crippen LogP contribution in [0.3, 0.4) is 0 Å². The molecule has 4 aliphatic rings. The van der Waals surface area contributed by atoms with Crippen LogP contribution in [0.15, 0.2) is 30.3 Å². The van der Waals surface area contributed by atoms with E-state index in [1.807, 2.05) is 6.07 Å². The van der Waals surface area contributed by atoms with E-state index in [1.165, 1.54) is 44.1 Å². The van der Waals surface area contributed by atoms with E-state index in [4.69, 9.17) is 0 Å². The van der Waals surface area contributed by atoms with E-state index in [-0.39, 0.29) is 16.7 Å². The lowest BCUT2D eigenvalue weighted by atomic mass is 9.53. The second kappa shape index (κ2) is 6.16. The Labute approximate surface area is 143 Å². The lowest BCUT2D eigenvalue weighted by Gasteiger charge is -2.57. The molecule has 1 atom stereocenters. The molecule has 1 unspecified atom stereocenters. The van der Waals surface area contributed by atoms with Crippen molar-refractivity contribution in [1.29, 1.82) is 0 Å². The fourth-order valence-corrected chi connectivity index (χ4v) is 6.34. The van der Waals surface area contributed by atoms with Gasteiger partial charge in [-0.05, 0) is 68.8 Å². The summed E-state index contributed by atoms with van der Waals surface area (Å²) in [5.74, 6) is 3.82. The largest absolute Gasteiger partial charge is 0.350 e. The maximum absolute atomic E-state index is 12.7. The number of carbonyl (C=O) groups is 1. The topological polar surface area (TPSA) is 29.1 Å². The van der Waals surface area contributed by atoms with Crippen molar-refractivity contribution in [2.24, 2.45) is 17.8 Å². The van der Waals surface area contributed by atoms with Crippen molar-refractivity contribution in [2.75, 3.05) is 0 Å². The minimum atomic E-state index is 0.0308. The van der Waals surface area contributed by atoms with Crippen LogP contribution >= 0.6 is 11.8 Å². The van der Waals surface area contributed by atoms with Crippen LogP contribution in [0.4, 0.5) is 0 Å². The summed E-state index contributed by atoms with van der Waals surface area (Å²) < 4.78 is 0. The van der Waals surface area contributed by atoms with E-state index in [9.17, 15) is 4.79 Å². The van der Waals surface area contributed by atoms with Crippen molar-refractivity contribution in [2.45, 2.75) is 62.0 Å². The summed E-state index contributed by atoms with van der Waals surface area (Å²) in [6, 6.07) is 10.4. The van der Waals surface area contributed by atoms with Gasteiger partial charge in [-0.3, -0.25) is 4.79 Å². The monoisotopic (exact) mass is 329 g/mol. The Hall–Kier alpha value is -0.960. The fraction of sp³-hybridized carbons (Fsp3) is 0.650. The van der Waals surface area contributed by atoms with Crippen LogP contribution in [0, 0.1) is 17.8 Å². The van der Waals surface area contributed by atoms with Gasteiger partial charge in [0.1, 0.15) is 0 Å². The summed E-state index contributed by atoms with van der Waals surface area (Å²) in [7, 11) is 0. The van der Waals surface area contributed by atoms with Gasteiger partial charge in [-0.25, -0.2) is 0 Å². The Morgan fingerprint density at radius 1 is 1.13 bits per heavy atom. The quantitative estimate of drug-likeness (QED) is 0.868. The molecule has 4 aliphatic carbocycles. The summed E-state index contributed by atoms with van der Waals surface area (Å²) in [6.07, 6.45) is 7.98. The third-order valence-electron chi connectivity index (χ3n) is 6.14. The minimum Gasteiger partial charge on any atom is -0.350 e. The van der Waals surface area contributed by atoms with Gasteiger partial charge >= 0.3 is 0 Å². The van der Waals surface area contributed by atoms with E-state index in [2.05, 4.69) is 36.5 Å². The highest BCUT2D eigenvalue weighted by molar-refractivity contribution is 7.99. The van der Waals surface area contributed by atoms with E-state index in [0.717, 1.165) is 23.5 Å². The summed E-state index contributed by atoms with van der Waals surface area (Å²) in [5.41, 5.74) is 1.44. The number of carbonyl (C=O) groups excluding carboxylic acids is 1. The van der Waals surface area contributed by atoms with Crippen molar-refractivity contribution in [3.8, 4) is 0 Å². The zero-order valence-corrected chi connectivity index (χ0v) is 14.8.